The molecule has 0 atom stereocenters. The fraction of sp³-hybridized carbons (Fsp3) is 0.0909. The molecule has 0 aliphatic carbocycles. The van der Waals surface area contributed by atoms with Crippen molar-refractivity contribution in [2.75, 3.05) is 5.32 Å². The summed E-state index contributed by atoms with van der Waals surface area (Å²) in [6, 6.07) is 1.20. The number of nitro benzene ring substituents is 1. The number of benzene rings is 1. The molecular formula is C11H7F2N3O4S. The van der Waals surface area contributed by atoms with E-state index in [9.17, 15) is 23.7 Å². The Morgan fingerprint density at radius 1 is 1.48 bits per heavy atom. The van der Waals surface area contributed by atoms with Crippen LogP contribution in [0.3, 0.4) is 0 Å². The molecule has 0 bridgehead atoms. The molecule has 1 heterocycles. The summed E-state index contributed by atoms with van der Waals surface area (Å²) in [7, 11) is 0. The number of nitrogens with one attached hydrogen (secondary N) is 1. The van der Waals surface area contributed by atoms with E-state index in [0.29, 0.717) is 11.1 Å². The van der Waals surface area contributed by atoms with Crippen molar-refractivity contribution in [3.63, 3.8) is 0 Å². The van der Waals surface area contributed by atoms with Gasteiger partial charge in [0.05, 0.1) is 11.5 Å². The van der Waals surface area contributed by atoms with Crippen LogP contribution in [-0.4, -0.2) is 21.0 Å². The SMILES string of the molecule is O=C(O)c1csc(CNc2cc(F)cc(F)c2[N+](=O)[O-])n1. The average molecular weight is 315 g/mol. The highest BCUT2D eigenvalue weighted by Gasteiger charge is 2.22. The van der Waals surface area contributed by atoms with E-state index in [0.717, 1.165) is 17.4 Å². The van der Waals surface area contributed by atoms with Crippen molar-refractivity contribution >= 4 is 28.7 Å². The van der Waals surface area contributed by atoms with Crippen molar-refractivity contribution in [3.05, 3.63) is 50.0 Å². The number of carbonyl (C=O) groups is 1. The van der Waals surface area contributed by atoms with Crippen LogP contribution in [0.15, 0.2) is 17.5 Å². The molecule has 0 saturated heterocycles. The zero-order valence-electron chi connectivity index (χ0n) is 10.2. The molecule has 110 valence electrons. The van der Waals surface area contributed by atoms with E-state index in [4.69, 9.17) is 5.11 Å². The Morgan fingerprint density at radius 2 is 2.19 bits per heavy atom. The van der Waals surface area contributed by atoms with Crippen LogP contribution >= 0.6 is 11.3 Å². The number of aromatic carboxylic acids is 1. The Morgan fingerprint density at radius 3 is 2.76 bits per heavy atom. The Bertz CT molecular complexity index is 719. The molecule has 2 aromatic rings. The summed E-state index contributed by atoms with van der Waals surface area (Å²) in [6.45, 7) is -0.0956. The van der Waals surface area contributed by atoms with Crippen molar-refractivity contribution in [2.24, 2.45) is 0 Å². The van der Waals surface area contributed by atoms with E-state index < -0.39 is 28.2 Å². The van der Waals surface area contributed by atoms with Crippen molar-refractivity contribution in [2.45, 2.75) is 6.54 Å². The summed E-state index contributed by atoms with van der Waals surface area (Å²) in [4.78, 5) is 24.2. The number of hydrogen-bond donors (Lipinski definition) is 2. The third-order valence-corrected chi connectivity index (χ3v) is 3.26. The average Bonchev–Trinajstić information content (AvgIpc) is 2.83. The number of thiazole rings is 1. The number of rotatable bonds is 5. The molecule has 0 amide bonds. The van der Waals surface area contributed by atoms with Crippen molar-refractivity contribution in [1.29, 1.82) is 0 Å². The van der Waals surface area contributed by atoms with Crippen molar-refractivity contribution in [3.8, 4) is 0 Å². The van der Waals surface area contributed by atoms with Gasteiger partial charge in [0, 0.05) is 17.5 Å². The summed E-state index contributed by atoms with van der Waals surface area (Å²) >= 11 is 1.01. The van der Waals surface area contributed by atoms with Gasteiger partial charge >= 0.3 is 11.7 Å². The molecule has 0 spiro atoms. The third kappa shape index (κ3) is 3.28. The Hall–Kier alpha value is -2.62. The quantitative estimate of drug-likeness (QED) is 0.649. The summed E-state index contributed by atoms with van der Waals surface area (Å²) < 4.78 is 26.5. The summed E-state index contributed by atoms with van der Waals surface area (Å²) in [5.41, 5.74) is -1.40. The van der Waals surface area contributed by atoms with E-state index >= 15 is 0 Å². The van der Waals surface area contributed by atoms with Gasteiger partial charge in [-0.3, -0.25) is 10.1 Å². The van der Waals surface area contributed by atoms with E-state index in [1.165, 1.54) is 5.38 Å². The number of aromatic nitrogens is 1. The second-order valence-electron chi connectivity index (χ2n) is 3.83. The van der Waals surface area contributed by atoms with Gasteiger partial charge in [-0.1, -0.05) is 0 Å². The summed E-state index contributed by atoms with van der Waals surface area (Å²) in [6.07, 6.45) is 0. The zero-order chi connectivity index (χ0) is 15.6. The van der Waals surface area contributed by atoms with Crippen LogP contribution in [-0.2, 0) is 6.54 Å². The van der Waals surface area contributed by atoms with Crippen LogP contribution < -0.4 is 5.32 Å². The smallest absolute Gasteiger partial charge is 0.355 e. The van der Waals surface area contributed by atoms with Gasteiger partial charge in [-0.05, 0) is 0 Å². The Kier molecular flexibility index (Phi) is 4.08. The highest BCUT2D eigenvalue weighted by molar-refractivity contribution is 7.09. The molecule has 0 radical (unpaired) electrons. The molecular weight excluding hydrogens is 308 g/mol. The van der Waals surface area contributed by atoms with Crippen LogP contribution in [0.5, 0.6) is 0 Å². The molecule has 0 aliphatic heterocycles. The number of carboxylic acid groups (broad SMARTS) is 1. The lowest BCUT2D eigenvalue weighted by atomic mass is 10.2. The van der Waals surface area contributed by atoms with Crippen LogP contribution in [0.25, 0.3) is 0 Å². The van der Waals surface area contributed by atoms with Gasteiger partial charge in [0.2, 0.25) is 5.82 Å². The van der Waals surface area contributed by atoms with Gasteiger partial charge in [0.1, 0.15) is 16.5 Å². The minimum atomic E-state index is -1.30. The number of anilines is 1. The number of hydrogen-bond acceptors (Lipinski definition) is 6. The second kappa shape index (κ2) is 5.79. The van der Waals surface area contributed by atoms with Crippen molar-refractivity contribution < 1.29 is 23.6 Å². The largest absolute Gasteiger partial charge is 0.476 e. The molecule has 10 heteroatoms. The van der Waals surface area contributed by atoms with E-state index in [2.05, 4.69) is 10.3 Å². The molecule has 0 fully saturated rings. The molecule has 0 saturated carbocycles. The van der Waals surface area contributed by atoms with Gasteiger partial charge in [-0.15, -0.1) is 11.3 Å². The lowest BCUT2D eigenvalue weighted by Crippen LogP contribution is -2.05. The van der Waals surface area contributed by atoms with Crippen LogP contribution in [0.2, 0.25) is 0 Å². The van der Waals surface area contributed by atoms with Crippen LogP contribution in [0.4, 0.5) is 20.2 Å². The Balaban J connectivity index is 2.22. The Labute approximate surface area is 120 Å². The molecule has 2 rings (SSSR count). The monoisotopic (exact) mass is 315 g/mol. The first kappa shape index (κ1) is 14.8. The zero-order valence-corrected chi connectivity index (χ0v) is 11.0. The molecule has 21 heavy (non-hydrogen) atoms. The first-order valence-electron chi connectivity index (χ1n) is 5.43. The number of halogens is 2. The van der Waals surface area contributed by atoms with Gasteiger partial charge in [0.15, 0.2) is 5.69 Å². The third-order valence-electron chi connectivity index (χ3n) is 2.41. The number of carboxylic acids is 1. The lowest BCUT2D eigenvalue weighted by Gasteiger charge is -2.06. The number of nitro groups is 1. The molecule has 1 aromatic carbocycles. The fourth-order valence-corrected chi connectivity index (χ4v) is 2.26. The fourth-order valence-electron chi connectivity index (χ4n) is 1.55. The minimum Gasteiger partial charge on any atom is -0.476 e. The maximum Gasteiger partial charge on any atom is 0.355 e. The van der Waals surface area contributed by atoms with Crippen LogP contribution in [0.1, 0.15) is 15.5 Å². The van der Waals surface area contributed by atoms with E-state index in [1.807, 2.05) is 0 Å². The number of nitrogens with zero attached hydrogens (tertiary/aromatic N) is 2. The summed E-state index contributed by atoms with van der Waals surface area (Å²) in [5, 5.41) is 23.6. The molecule has 0 unspecified atom stereocenters. The van der Waals surface area contributed by atoms with E-state index in [-0.39, 0.29) is 17.9 Å². The van der Waals surface area contributed by atoms with Crippen molar-refractivity contribution in [1.82, 2.24) is 4.98 Å². The van der Waals surface area contributed by atoms with Gasteiger partial charge < -0.3 is 10.4 Å². The topological polar surface area (TPSA) is 105 Å². The van der Waals surface area contributed by atoms with Gasteiger partial charge in [-0.2, -0.15) is 4.39 Å². The molecule has 0 aliphatic rings. The predicted molar refractivity (Wildman–Crippen MR) is 69.4 cm³/mol. The minimum absolute atomic E-state index is 0.0956. The normalized spacial score (nSPS) is 10.4. The maximum atomic E-state index is 13.4. The van der Waals surface area contributed by atoms with Crippen LogP contribution in [0, 0.1) is 21.7 Å². The van der Waals surface area contributed by atoms with Gasteiger partial charge in [0.25, 0.3) is 0 Å². The first-order chi connectivity index (χ1) is 9.88. The molecule has 1 aromatic heterocycles. The second-order valence-corrected chi connectivity index (χ2v) is 4.77. The molecule has 7 nitrogen and oxygen atoms in total. The highest BCUT2D eigenvalue weighted by atomic mass is 32.1. The first-order valence-corrected chi connectivity index (χ1v) is 6.31. The molecule has 2 N–H and O–H groups in total. The van der Waals surface area contributed by atoms with E-state index in [1.54, 1.807) is 0 Å². The van der Waals surface area contributed by atoms with Gasteiger partial charge in [-0.25, -0.2) is 14.2 Å². The standard InChI is InChI=1S/C11H7F2N3O4S/c12-5-1-6(13)10(16(19)20)7(2-5)14-3-9-15-8(4-21-9)11(17)18/h1-2,4,14H,3H2,(H,17,18). The summed E-state index contributed by atoms with van der Waals surface area (Å²) in [5.74, 6) is -3.47. The maximum absolute atomic E-state index is 13.4. The predicted octanol–water partition coefficient (Wildman–Crippen LogP) is 2.64. The highest BCUT2D eigenvalue weighted by Crippen LogP contribution is 2.29. The lowest BCUT2D eigenvalue weighted by molar-refractivity contribution is -0.386.